The van der Waals surface area contributed by atoms with Crippen LogP contribution in [0.1, 0.15) is 0 Å². The Kier molecular flexibility index (Phi) is 3.01. The highest BCUT2D eigenvalue weighted by atomic mass is 32.1. The van der Waals surface area contributed by atoms with Crippen LogP contribution in [0, 0.1) is 11.6 Å². The number of nitrogens with zero attached hydrogens (tertiary/aromatic N) is 1. The summed E-state index contributed by atoms with van der Waals surface area (Å²) in [6.45, 7) is 0. The van der Waals surface area contributed by atoms with Crippen molar-refractivity contribution in [1.82, 2.24) is 9.97 Å². The van der Waals surface area contributed by atoms with Crippen molar-refractivity contribution in [3.63, 3.8) is 0 Å². The summed E-state index contributed by atoms with van der Waals surface area (Å²) >= 11 is 1.54. The second kappa shape index (κ2) is 5.03. The maximum Gasteiger partial charge on any atom is 0.149 e. The molecule has 0 aliphatic rings. The maximum absolute atomic E-state index is 13.0. The first-order chi connectivity index (χ1) is 10.7. The van der Waals surface area contributed by atoms with Crippen molar-refractivity contribution in [2.45, 2.75) is 0 Å². The number of hydrogen-bond acceptors (Lipinski definition) is 2. The number of hydrogen-bond donors (Lipinski definition) is 1. The van der Waals surface area contributed by atoms with Gasteiger partial charge in [0, 0.05) is 11.3 Å². The van der Waals surface area contributed by atoms with Crippen LogP contribution in [0.3, 0.4) is 0 Å². The lowest BCUT2D eigenvalue weighted by atomic mass is 10.1. The quantitative estimate of drug-likeness (QED) is 0.539. The van der Waals surface area contributed by atoms with E-state index in [9.17, 15) is 8.78 Å². The van der Waals surface area contributed by atoms with E-state index in [4.69, 9.17) is 0 Å². The van der Waals surface area contributed by atoms with Crippen molar-refractivity contribution in [2.24, 2.45) is 0 Å². The normalized spacial score (nSPS) is 11.2. The number of thiazole rings is 1. The second-order valence-corrected chi connectivity index (χ2v) is 5.96. The molecule has 0 saturated carbocycles. The number of aromatic amines is 1. The summed E-state index contributed by atoms with van der Waals surface area (Å²) in [5.74, 6) is -0.515. The average molecular weight is 312 g/mol. The van der Waals surface area contributed by atoms with E-state index in [1.807, 2.05) is 6.07 Å². The van der Waals surface area contributed by atoms with E-state index in [0.717, 1.165) is 32.2 Å². The van der Waals surface area contributed by atoms with Crippen molar-refractivity contribution in [1.29, 1.82) is 0 Å². The minimum atomic E-state index is -0.260. The van der Waals surface area contributed by atoms with E-state index < -0.39 is 0 Å². The van der Waals surface area contributed by atoms with Crippen molar-refractivity contribution >= 4 is 21.7 Å². The lowest BCUT2D eigenvalue weighted by molar-refractivity contribution is 0.627. The Morgan fingerprint density at radius 1 is 0.818 bits per heavy atom. The molecule has 4 rings (SSSR count). The van der Waals surface area contributed by atoms with E-state index in [1.54, 1.807) is 24.3 Å². The van der Waals surface area contributed by atoms with Crippen LogP contribution in [0.15, 0.2) is 54.6 Å². The highest BCUT2D eigenvalue weighted by molar-refractivity contribution is 7.21. The van der Waals surface area contributed by atoms with Crippen LogP contribution >= 0.6 is 11.3 Å². The molecule has 0 aliphatic heterocycles. The molecule has 0 fully saturated rings. The van der Waals surface area contributed by atoms with Gasteiger partial charge < -0.3 is 4.98 Å². The van der Waals surface area contributed by atoms with Gasteiger partial charge in [-0.15, -0.1) is 11.3 Å². The van der Waals surface area contributed by atoms with Gasteiger partial charge in [0.15, 0.2) is 0 Å². The predicted octanol–water partition coefficient (Wildman–Crippen LogP) is 5.24. The minimum Gasteiger partial charge on any atom is -0.338 e. The molecule has 0 atom stereocenters. The Hall–Kier alpha value is -2.53. The Morgan fingerprint density at radius 2 is 1.41 bits per heavy atom. The molecule has 5 heteroatoms. The highest BCUT2D eigenvalue weighted by Gasteiger charge is 2.10. The monoisotopic (exact) mass is 312 g/mol. The molecule has 2 aromatic carbocycles. The van der Waals surface area contributed by atoms with Gasteiger partial charge in [-0.05, 0) is 60.2 Å². The molecule has 0 saturated heterocycles. The van der Waals surface area contributed by atoms with Crippen LogP contribution in [-0.4, -0.2) is 9.97 Å². The zero-order chi connectivity index (χ0) is 15.1. The average Bonchev–Trinajstić information content (AvgIpc) is 3.07. The van der Waals surface area contributed by atoms with Gasteiger partial charge in [0.25, 0.3) is 0 Å². The summed E-state index contributed by atoms with van der Waals surface area (Å²) in [7, 11) is 0. The van der Waals surface area contributed by atoms with Gasteiger partial charge in [-0.1, -0.05) is 0 Å². The van der Waals surface area contributed by atoms with Crippen LogP contribution < -0.4 is 0 Å². The molecule has 0 amide bonds. The standard InChI is InChI=1S/C17H10F2N2S/c18-12-5-1-10(2-6-12)14-9-15-16(20-14)21-17(22-15)11-3-7-13(19)8-4-11/h1-9,20H. The van der Waals surface area contributed by atoms with E-state index in [-0.39, 0.29) is 11.6 Å². The molecule has 0 aliphatic carbocycles. The highest BCUT2D eigenvalue weighted by Crippen LogP contribution is 2.33. The molecule has 0 spiro atoms. The van der Waals surface area contributed by atoms with Gasteiger partial charge in [-0.2, -0.15) is 0 Å². The van der Waals surface area contributed by atoms with Gasteiger partial charge in [0.2, 0.25) is 0 Å². The summed E-state index contributed by atoms with van der Waals surface area (Å²) < 4.78 is 26.9. The van der Waals surface area contributed by atoms with E-state index >= 15 is 0 Å². The molecular weight excluding hydrogens is 302 g/mol. The third kappa shape index (κ3) is 2.29. The summed E-state index contributed by atoms with van der Waals surface area (Å²) in [5, 5.41) is 0.840. The van der Waals surface area contributed by atoms with Gasteiger partial charge >= 0.3 is 0 Å². The maximum atomic E-state index is 13.0. The van der Waals surface area contributed by atoms with E-state index in [2.05, 4.69) is 9.97 Å². The first kappa shape index (κ1) is 13.2. The number of H-pyrrole nitrogens is 1. The Balaban J connectivity index is 1.73. The Labute approximate surface area is 129 Å². The molecule has 0 radical (unpaired) electrons. The Bertz CT molecular complexity index is 831. The lowest BCUT2D eigenvalue weighted by Crippen LogP contribution is -1.80. The summed E-state index contributed by atoms with van der Waals surface area (Å²) in [6, 6.07) is 14.6. The van der Waals surface area contributed by atoms with Crippen molar-refractivity contribution in [3.8, 4) is 21.8 Å². The van der Waals surface area contributed by atoms with Crippen LogP contribution in [0.5, 0.6) is 0 Å². The molecule has 2 aromatic heterocycles. The fourth-order valence-corrected chi connectivity index (χ4v) is 3.28. The fraction of sp³-hybridized carbons (Fsp3) is 0. The molecule has 108 valence electrons. The van der Waals surface area contributed by atoms with Crippen molar-refractivity contribution in [2.75, 3.05) is 0 Å². The van der Waals surface area contributed by atoms with Crippen molar-refractivity contribution in [3.05, 3.63) is 66.2 Å². The minimum absolute atomic E-state index is 0.256. The molecule has 4 aromatic rings. The molecular formula is C17H10F2N2S. The summed E-state index contributed by atoms with van der Waals surface area (Å²) in [5.41, 5.74) is 3.48. The zero-order valence-corrected chi connectivity index (χ0v) is 12.1. The number of rotatable bonds is 2. The first-order valence-electron chi connectivity index (χ1n) is 6.70. The number of benzene rings is 2. The number of nitrogens with one attached hydrogen (secondary N) is 1. The summed E-state index contributed by atoms with van der Waals surface area (Å²) in [4.78, 5) is 7.78. The number of halogens is 2. The van der Waals surface area contributed by atoms with Crippen LogP contribution in [-0.2, 0) is 0 Å². The van der Waals surface area contributed by atoms with Crippen molar-refractivity contribution < 1.29 is 8.78 Å². The van der Waals surface area contributed by atoms with Crippen LogP contribution in [0.2, 0.25) is 0 Å². The molecule has 2 nitrogen and oxygen atoms in total. The van der Waals surface area contributed by atoms with Crippen LogP contribution in [0.4, 0.5) is 8.78 Å². The van der Waals surface area contributed by atoms with E-state index in [0.29, 0.717) is 0 Å². The fourth-order valence-electron chi connectivity index (χ4n) is 2.31. The first-order valence-corrected chi connectivity index (χ1v) is 7.52. The van der Waals surface area contributed by atoms with Gasteiger partial charge in [0.05, 0.1) is 4.70 Å². The molecule has 1 N–H and O–H groups in total. The molecule has 22 heavy (non-hydrogen) atoms. The smallest absolute Gasteiger partial charge is 0.149 e. The summed E-state index contributed by atoms with van der Waals surface area (Å²) in [6.07, 6.45) is 0. The SMILES string of the molecule is Fc1ccc(-c2cc3sc(-c4ccc(F)cc4)nc3[nH]2)cc1. The number of aromatic nitrogens is 2. The van der Waals surface area contributed by atoms with E-state index in [1.165, 1.54) is 35.6 Å². The molecule has 2 heterocycles. The van der Waals surface area contributed by atoms with Gasteiger partial charge in [-0.3, -0.25) is 0 Å². The Morgan fingerprint density at radius 3 is 2.00 bits per heavy atom. The van der Waals surface area contributed by atoms with Gasteiger partial charge in [-0.25, -0.2) is 13.8 Å². The topological polar surface area (TPSA) is 28.7 Å². The second-order valence-electron chi connectivity index (χ2n) is 4.93. The van der Waals surface area contributed by atoms with Crippen LogP contribution in [0.25, 0.3) is 32.2 Å². The number of fused-ring (bicyclic) bond motifs is 1. The lowest BCUT2D eigenvalue weighted by Gasteiger charge is -1.97. The molecule has 0 unspecified atom stereocenters. The molecule has 0 bridgehead atoms. The van der Waals surface area contributed by atoms with Gasteiger partial charge in [0.1, 0.15) is 22.3 Å². The third-order valence-electron chi connectivity index (χ3n) is 3.43. The largest absolute Gasteiger partial charge is 0.338 e. The zero-order valence-electron chi connectivity index (χ0n) is 11.3. The predicted molar refractivity (Wildman–Crippen MR) is 84.8 cm³/mol. The third-order valence-corrected chi connectivity index (χ3v) is 4.48.